The van der Waals surface area contributed by atoms with Gasteiger partial charge in [0.2, 0.25) is 11.8 Å². The molecule has 8 heteroatoms. The van der Waals surface area contributed by atoms with Crippen LogP contribution in [0.2, 0.25) is 0 Å². The largest absolute Gasteiger partial charge is 0.472 e. The van der Waals surface area contributed by atoms with Gasteiger partial charge in [-0.05, 0) is 39.7 Å². The Morgan fingerprint density at radius 3 is 2.72 bits per heavy atom. The van der Waals surface area contributed by atoms with Gasteiger partial charge in [-0.25, -0.2) is 4.98 Å². The first-order valence-corrected chi connectivity index (χ1v) is 11.1. The summed E-state index contributed by atoms with van der Waals surface area (Å²) in [6.07, 6.45) is 3.00. The van der Waals surface area contributed by atoms with E-state index >= 15 is 0 Å². The van der Waals surface area contributed by atoms with Gasteiger partial charge in [0, 0.05) is 37.2 Å². The summed E-state index contributed by atoms with van der Waals surface area (Å²) in [6, 6.07) is 1.21. The number of likely N-dealkylation sites (N-methyl/N-ethyl adjacent to an activating group) is 1. The monoisotopic (exact) mass is 443 g/mol. The van der Waals surface area contributed by atoms with Gasteiger partial charge < -0.3 is 24.7 Å². The highest BCUT2D eigenvalue weighted by Crippen LogP contribution is 2.32. The topological polar surface area (TPSA) is 103 Å². The zero-order chi connectivity index (χ0) is 23.6. The second-order valence-corrected chi connectivity index (χ2v) is 9.50. The fourth-order valence-electron chi connectivity index (χ4n) is 3.62. The number of hydrogen-bond donors (Lipinski definition) is 2. The summed E-state index contributed by atoms with van der Waals surface area (Å²) in [5, 5.41) is 19.6. The Kier molecular flexibility index (Phi) is 7.11. The summed E-state index contributed by atoms with van der Waals surface area (Å²) >= 11 is 0. The predicted molar refractivity (Wildman–Crippen MR) is 119 cm³/mol. The highest BCUT2D eigenvalue weighted by Gasteiger charge is 2.37. The van der Waals surface area contributed by atoms with Crippen LogP contribution < -0.4 is 4.74 Å². The molecule has 0 unspecified atom stereocenters. The van der Waals surface area contributed by atoms with Crippen molar-refractivity contribution >= 4 is 11.8 Å². The number of rotatable bonds is 5. The molecule has 8 nitrogen and oxygen atoms in total. The van der Waals surface area contributed by atoms with Gasteiger partial charge in [-0.15, -0.1) is 0 Å². The van der Waals surface area contributed by atoms with Gasteiger partial charge in [0.1, 0.15) is 17.3 Å². The van der Waals surface area contributed by atoms with Gasteiger partial charge in [-0.2, -0.15) is 0 Å². The Morgan fingerprint density at radius 1 is 1.44 bits per heavy atom. The minimum atomic E-state index is -1.18. The van der Waals surface area contributed by atoms with E-state index in [2.05, 4.69) is 16.8 Å². The number of fused-ring (bicyclic) bond motifs is 1. The van der Waals surface area contributed by atoms with E-state index in [1.165, 1.54) is 6.20 Å². The van der Waals surface area contributed by atoms with E-state index in [0.717, 1.165) is 12.8 Å². The van der Waals surface area contributed by atoms with E-state index in [1.54, 1.807) is 43.7 Å². The molecule has 0 saturated heterocycles. The van der Waals surface area contributed by atoms with Crippen LogP contribution in [0.1, 0.15) is 56.5 Å². The molecule has 1 aliphatic heterocycles. The number of pyridine rings is 1. The number of carbonyl (C=O) groups is 2. The number of aliphatic hydroxyl groups excluding tert-OH is 1. The average Bonchev–Trinajstić information content (AvgIpc) is 3.58. The van der Waals surface area contributed by atoms with E-state index in [1.807, 2.05) is 6.92 Å². The normalized spacial score (nSPS) is 22.0. The molecule has 1 aliphatic carbocycles. The molecule has 3 atom stereocenters. The molecule has 2 amide bonds. The maximum atomic E-state index is 13.4. The molecule has 3 rings (SSSR count). The van der Waals surface area contributed by atoms with Crippen LogP contribution >= 0.6 is 0 Å². The van der Waals surface area contributed by atoms with Gasteiger partial charge in [0.15, 0.2) is 0 Å². The van der Waals surface area contributed by atoms with Crippen LogP contribution in [-0.2, 0) is 4.79 Å². The summed E-state index contributed by atoms with van der Waals surface area (Å²) < 4.78 is 6.19. The lowest BCUT2D eigenvalue weighted by Crippen LogP contribution is -2.50. The van der Waals surface area contributed by atoms with E-state index < -0.39 is 11.6 Å². The molecule has 0 bridgehead atoms. The third-order valence-corrected chi connectivity index (χ3v) is 5.79. The first-order valence-electron chi connectivity index (χ1n) is 11.1. The molecule has 1 fully saturated rings. The number of ether oxygens (including phenoxy) is 1. The summed E-state index contributed by atoms with van der Waals surface area (Å²) in [5.74, 6) is 5.58. The van der Waals surface area contributed by atoms with Crippen molar-refractivity contribution in [2.75, 3.05) is 26.7 Å². The molecule has 174 valence electrons. The van der Waals surface area contributed by atoms with Crippen molar-refractivity contribution in [2.24, 2.45) is 11.8 Å². The first-order chi connectivity index (χ1) is 15.0. The molecular formula is C24H33N3O5. The Labute approximate surface area is 189 Å². The number of aromatic nitrogens is 1. The Balaban J connectivity index is 1.96. The molecule has 1 aromatic rings. The van der Waals surface area contributed by atoms with Gasteiger partial charge >= 0.3 is 0 Å². The number of nitrogens with zero attached hydrogens (tertiary/aromatic N) is 3. The van der Waals surface area contributed by atoms with Crippen LogP contribution in [0, 0.1) is 23.7 Å². The Morgan fingerprint density at radius 2 is 2.12 bits per heavy atom. The number of aliphatic hydroxyl groups is 2. The fourth-order valence-corrected chi connectivity index (χ4v) is 3.62. The smallest absolute Gasteiger partial charge is 0.259 e. The molecule has 0 radical (unpaired) electrons. The maximum absolute atomic E-state index is 13.4. The molecule has 1 saturated carbocycles. The van der Waals surface area contributed by atoms with E-state index in [0.29, 0.717) is 18.7 Å². The molecule has 2 N–H and O–H groups in total. The van der Waals surface area contributed by atoms with Gasteiger partial charge in [0.05, 0.1) is 19.2 Å². The second-order valence-electron chi connectivity index (χ2n) is 9.50. The highest BCUT2D eigenvalue weighted by atomic mass is 16.5. The lowest BCUT2D eigenvalue weighted by atomic mass is 9.99. The van der Waals surface area contributed by atoms with Crippen molar-refractivity contribution < 1.29 is 24.5 Å². The molecule has 1 aromatic heterocycles. The summed E-state index contributed by atoms with van der Waals surface area (Å²) in [6.45, 7) is 7.49. The lowest BCUT2D eigenvalue weighted by molar-refractivity contribution is -0.132. The molecule has 0 spiro atoms. The third kappa shape index (κ3) is 5.78. The van der Waals surface area contributed by atoms with Crippen molar-refractivity contribution in [1.82, 2.24) is 14.8 Å². The molecule has 2 aliphatic rings. The molecule has 32 heavy (non-hydrogen) atoms. The minimum absolute atomic E-state index is 0.0907. The first kappa shape index (κ1) is 24.0. The highest BCUT2D eigenvalue weighted by molar-refractivity contribution is 5.97. The van der Waals surface area contributed by atoms with Gasteiger partial charge in [-0.3, -0.25) is 9.59 Å². The zero-order valence-electron chi connectivity index (χ0n) is 19.5. The summed E-state index contributed by atoms with van der Waals surface area (Å²) in [7, 11) is 1.78. The average molecular weight is 444 g/mol. The number of amides is 2. The third-order valence-electron chi connectivity index (χ3n) is 5.79. The van der Waals surface area contributed by atoms with Crippen LogP contribution in [0.4, 0.5) is 0 Å². The van der Waals surface area contributed by atoms with Crippen LogP contribution in [0.25, 0.3) is 0 Å². The van der Waals surface area contributed by atoms with Crippen molar-refractivity contribution in [2.45, 2.75) is 58.3 Å². The number of carbonyl (C=O) groups excluding carboxylic acids is 2. The second kappa shape index (κ2) is 9.47. The van der Waals surface area contributed by atoms with Crippen LogP contribution in [0.3, 0.4) is 0 Å². The number of hydrogen-bond acceptors (Lipinski definition) is 6. The minimum Gasteiger partial charge on any atom is -0.472 e. The van der Waals surface area contributed by atoms with Crippen molar-refractivity contribution in [3.8, 4) is 17.7 Å². The molecule has 0 aromatic carbocycles. The Hall–Kier alpha value is -2.63. The maximum Gasteiger partial charge on any atom is 0.259 e. The van der Waals surface area contributed by atoms with Crippen LogP contribution in [-0.4, -0.2) is 81.3 Å². The lowest BCUT2D eigenvalue weighted by Gasteiger charge is -2.37. The van der Waals surface area contributed by atoms with Gasteiger partial charge in [-0.1, -0.05) is 18.8 Å². The Bertz CT molecular complexity index is 926. The van der Waals surface area contributed by atoms with Crippen molar-refractivity contribution in [1.29, 1.82) is 0 Å². The molecular weight excluding hydrogens is 410 g/mol. The van der Waals surface area contributed by atoms with Crippen molar-refractivity contribution in [3.05, 3.63) is 23.4 Å². The standard InChI is InChI=1S/C24H33N3O5/c1-15-12-27(16(2)14-28)23(30)19-10-17(8-9-24(3,4)31)11-25-21(19)32-20(15)13-26(5)22(29)18-6-7-18/h10-11,15-16,18,20,28,31H,6-7,12-14H2,1-5H3/t15-,16+,20-/m0/s1. The van der Waals surface area contributed by atoms with Crippen LogP contribution in [0.15, 0.2) is 12.3 Å². The van der Waals surface area contributed by atoms with Crippen molar-refractivity contribution in [3.63, 3.8) is 0 Å². The molecule has 2 heterocycles. The van der Waals surface area contributed by atoms with Crippen LogP contribution in [0.5, 0.6) is 5.88 Å². The van der Waals surface area contributed by atoms with E-state index in [4.69, 9.17) is 4.74 Å². The van der Waals surface area contributed by atoms with Gasteiger partial charge in [0.25, 0.3) is 5.91 Å². The SMILES string of the molecule is C[C@H](CO)N1C[C@H](C)[C@H](CN(C)C(=O)C2CC2)Oc2ncc(C#CC(C)(C)O)cc2C1=O. The quantitative estimate of drug-likeness (QED) is 0.665. The van der Waals surface area contributed by atoms with E-state index in [-0.39, 0.29) is 47.8 Å². The zero-order valence-corrected chi connectivity index (χ0v) is 19.5. The van der Waals surface area contributed by atoms with E-state index in [9.17, 15) is 19.8 Å². The summed E-state index contributed by atoms with van der Waals surface area (Å²) in [4.78, 5) is 33.5. The fraction of sp³-hybridized carbons (Fsp3) is 0.625. The summed E-state index contributed by atoms with van der Waals surface area (Å²) in [5.41, 5.74) is -0.451. The predicted octanol–water partition coefficient (Wildman–Crippen LogP) is 1.29.